The predicted octanol–water partition coefficient (Wildman–Crippen LogP) is 3.40. The summed E-state index contributed by atoms with van der Waals surface area (Å²) in [7, 11) is 3.06. The normalized spacial score (nSPS) is 15.5. The van der Waals surface area contributed by atoms with Crippen LogP contribution in [0.3, 0.4) is 0 Å². The highest BCUT2D eigenvalue weighted by atomic mass is 79.9. The van der Waals surface area contributed by atoms with Crippen molar-refractivity contribution in [2.75, 3.05) is 14.2 Å². The van der Waals surface area contributed by atoms with Gasteiger partial charge in [0.25, 0.3) is 5.56 Å². The summed E-state index contributed by atoms with van der Waals surface area (Å²) in [4.78, 5) is 13.4. The standard InChI is InChI=1S/C24H16Br2N4O3S/c1-32-18-5-3-13(25)7-12(18)8-20-23(31)30-22(29)16(10-27)21(17(11-28)24(30)34-20)15-9-14(26)4-6-19(15)33-2/h3-9,21H,29H2,1-2H3/b20-8+/t21-/m1/s1. The van der Waals surface area contributed by atoms with Gasteiger partial charge in [-0.2, -0.15) is 10.5 Å². The molecule has 1 aliphatic heterocycles. The molecule has 170 valence electrons. The van der Waals surface area contributed by atoms with Crippen LogP contribution < -0.4 is 30.0 Å². The number of ether oxygens (including phenoxy) is 2. The fourth-order valence-electron chi connectivity index (χ4n) is 3.85. The zero-order chi connectivity index (χ0) is 24.6. The van der Waals surface area contributed by atoms with Gasteiger partial charge in [0.2, 0.25) is 0 Å². The Hall–Kier alpha value is -3.31. The van der Waals surface area contributed by atoms with Gasteiger partial charge in [0, 0.05) is 20.1 Å². The number of hydrogen-bond donors (Lipinski definition) is 1. The number of benzene rings is 2. The molecule has 0 unspecified atom stereocenters. The number of hydrogen-bond acceptors (Lipinski definition) is 7. The van der Waals surface area contributed by atoms with Crippen molar-refractivity contribution in [3.05, 3.63) is 81.6 Å². The van der Waals surface area contributed by atoms with E-state index in [1.54, 1.807) is 37.5 Å². The van der Waals surface area contributed by atoms with Crippen molar-refractivity contribution in [3.63, 3.8) is 0 Å². The molecule has 4 rings (SSSR count). The van der Waals surface area contributed by atoms with Gasteiger partial charge in [-0.05, 0) is 42.5 Å². The van der Waals surface area contributed by atoms with E-state index in [0.29, 0.717) is 31.8 Å². The lowest BCUT2D eigenvalue weighted by Gasteiger charge is -2.24. The van der Waals surface area contributed by atoms with Crippen LogP contribution in [0.4, 0.5) is 0 Å². The predicted molar refractivity (Wildman–Crippen MR) is 138 cm³/mol. The number of methoxy groups -OCH3 is 2. The van der Waals surface area contributed by atoms with Gasteiger partial charge < -0.3 is 15.2 Å². The number of nitrogens with two attached hydrogens (primary N) is 1. The first-order valence-corrected chi connectivity index (χ1v) is 12.2. The minimum atomic E-state index is -0.784. The lowest BCUT2D eigenvalue weighted by atomic mass is 9.84. The minimum Gasteiger partial charge on any atom is -0.496 e. The second-order valence-electron chi connectivity index (χ2n) is 7.20. The number of fused-ring (bicyclic) bond motifs is 1. The molecule has 2 N–H and O–H groups in total. The number of aromatic nitrogens is 1. The van der Waals surface area contributed by atoms with Crippen molar-refractivity contribution in [1.82, 2.24) is 4.57 Å². The van der Waals surface area contributed by atoms with Crippen LogP contribution in [-0.4, -0.2) is 18.8 Å². The Morgan fingerprint density at radius 3 is 2.26 bits per heavy atom. The molecule has 1 aromatic heterocycles. The van der Waals surface area contributed by atoms with Crippen LogP contribution in [-0.2, 0) is 0 Å². The number of rotatable bonds is 4. The quantitative estimate of drug-likeness (QED) is 0.492. The summed E-state index contributed by atoms with van der Waals surface area (Å²) in [5.41, 5.74) is 7.57. The van der Waals surface area contributed by atoms with Gasteiger partial charge in [-0.3, -0.25) is 9.36 Å². The SMILES string of the molecule is COc1ccc(Br)cc1/C=c1/sc2n(c1=O)C(N)=C(C#N)[C@@H](c1cc(Br)ccc1OC)C=2C#N. The Labute approximate surface area is 215 Å². The zero-order valence-electron chi connectivity index (χ0n) is 17.9. The van der Waals surface area contributed by atoms with Crippen molar-refractivity contribution in [2.45, 2.75) is 5.92 Å². The van der Waals surface area contributed by atoms with Gasteiger partial charge in [-0.25, -0.2) is 0 Å². The smallest absolute Gasteiger partial charge is 0.274 e. The largest absolute Gasteiger partial charge is 0.496 e. The van der Waals surface area contributed by atoms with Crippen molar-refractivity contribution in [3.8, 4) is 23.6 Å². The summed E-state index contributed by atoms with van der Waals surface area (Å²) in [5.74, 6) is 0.292. The van der Waals surface area contributed by atoms with Gasteiger partial charge in [0.05, 0.1) is 48.0 Å². The Morgan fingerprint density at radius 1 is 1.03 bits per heavy atom. The number of nitrogens with zero attached hydrogens (tertiary/aromatic N) is 3. The molecule has 0 radical (unpaired) electrons. The first-order valence-electron chi connectivity index (χ1n) is 9.79. The van der Waals surface area contributed by atoms with Crippen LogP contribution in [0.25, 0.3) is 17.5 Å². The molecule has 0 saturated carbocycles. The molecule has 0 fully saturated rings. The topological polar surface area (TPSA) is 114 Å². The van der Waals surface area contributed by atoms with Crippen LogP contribution in [0.15, 0.2) is 55.7 Å². The molecule has 1 aliphatic rings. The van der Waals surface area contributed by atoms with E-state index in [4.69, 9.17) is 15.2 Å². The van der Waals surface area contributed by atoms with Gasteiger partial charge in [0.1, 0.15) is 22.0 Å². The van der Waals surface area contributed by atoms with E-state index in [-0.39, 0.29) is 17.0 Å². The summed E-state index contributed by atoms with van der Waals surface area (Å²) >= 11 is 8.01. The second-order valence-corrected chi connectivity index (χ2v) is 10.1. The Morgan fingerprint density at radius 2 is 1.65 bits per heavy atom. The highest BCUT2D eigenvalue weighted by Crippen LogP contribution is 2.41. The van der Waals surface area contributed by atoms with E-state index in [1.165, 1.54) is 11.7 Å². The first-order chi connectivity index (χ1) is 16.3. The van der Waals surface area contributed by atoms with E-state index < -0.39 is 11.5 Å². The number of halogens is 2. The lowest BCUT2D eigenvalue weighted by Crippen LogP contribution is -2.38. The van der Waals surface area contributed by atoms with Gasteiger partial charge in [-0.15, -0.1) is 11.3 Å². The molecular formula is C24H16Br2N4O3S. The van der Waals surface area contributed by atoms with Crippen molar-refractivity contribution >= 4 is 60.7 Å². The molecule has 0 saturated heterocycles. The molecule has 7 nitrogen and oxygen atoms in total. The van der Waals surface area contributed by atoms with Crippen LogP contribution in [0.2, 0.25) is 0 Å². The average molecular weight is 600 g/mol. The Balaban J connectivity index is 2.09. The first kappa shape index (κ1) is 23.8. The van der Waals surface area contributed by atoms with Crippen LogP contribution in [0.5, 0.6) is 11.5 Å². The number of thiazole rings is 1. The fraction of sp³-hybridized carbons (Fsp3) is 0.125. The number of allylic oxidation sites excluding steroid dienone is 1. The number of nitriles is 2. The minimum absolute atomic E-state index is 0.00867. The Bertz CT molecular complexity index is 1620. The third-order valence-corrected chi connectivity index (χ3v) is 7.46. The third-order valence-electron chi connectivity index (χ3n) is 5.37. The van der Waals surface area contributed by atoms with Gasteiger partial charge in [0.15, 0.2) is 0 Å². The molecule has 0 amide bonds. The van der Waals surface area contributed by atoms with Crippen molar-refractivity contribution < 1.29 is 9.47 Å². The van der Waals surface area contributed by atoms with E-state index in [9.17, 15) is 15.3 Å². The Kier molecular flexibility index (Phi) is 6.67. The molecular weight excluding hydrogens is 584 g/mol. The summed E-state index contributed by atoms with van der Waals surface area (Å²) in [6.07, 6.45) is 1.69. The van der Waals surface area contributed by atoms with Crippen molar-refractivity contribution in [1.29, 1.82) is 10.5 Å². The molecule has 0 aliphatic carbocycles. The maximum atomic E-state index is 13.4. The molecule has 2 heterocycles. The maximum absolute atomic E-state index is 13.4. The summed E-state index contributed by atoms with van der Waals surface area (Å²) in [6, 6.07) is 15.1. The van der Waals surface area contributed by atoms with Gasteiger partial charge in [-0.1, -0.05) is 31.9 Å². The lowest BCUT2D eigenvalue weighted by molar-refractivity contribution is 0.409. The molecule has 0 spiro atoms. The molecule has 2 aromatic carbocycles. The second kappa shape index (κ2) is 9.51. The zero-order valence-corrected chi connectivity index (χ0v) is 21.9. The van der Waals surface area contributed by atoms with E-state index in [2.05, 4.69) is 44.0 Å². The van der Waals surface area contributed by atoms with Crippen molar-refractivity contribution in [2.24, 2.45) is 5.73 Å². The van der Waals surface area contributed by atoms with E-state index in [1.807, 2.05) is 12.1 Å². The third kappa shape index (κ3) is 3.94. The van der Waals surface area contributed by atoms with Crippen LogP contribution in [0.1, 0.15) is 17.0 Å². The molecule has 10 heteroatoms. The van der Waals surface area contributed by atoms with E-state index >= 15 is 0 Å². The molecule has 34 heavy (non-hydrogen) atoms. The van der Waals surface area contributed by atoms with Crippen LogP contribution >= 0.6 is 43.2 Å². The average Bonchev–Trinajstić information content (AvgIpc) is 3.15. The molecule has 1 atom stereocenters. The molecule has 3 aromatic rings. The van der Waals surface area contributed by atoms with E-state index in [0.717, 1.165) is 20.3 Å². The summed E-state index contributed by atoms with van der Waals surface area (Å²) in [5, 5.41) is 20.1. The highest BCUT2D eigenvalue weighted by Gasteiger charge is 2.34. The fourth-order valence-corrected chi connectivity index (χ4v) is 5.73. The monoisotopic (exact) mass is 598 g/mol. The highest BCUT2D eigenvalue weighted by molar-refractivity contribution is 9.10. The molecule has 0 bridgehead atoms. The van der Waals surface area contributed by atoms with Gasteiger partial charge >= 0.3 is 0 Å². The summed E-state index contributed by atoms with van der Waals surface area (Å²) in [6.45, 7) is 0. The van der Waals surface area contributed by atoms with Crippen LogP contribution in [0, 0.1) is 22.7 Å². The summed E-state index contributed by atoms with van der Waals surface area (Å²) < 4.78 is 14.4. The maximum Gasteiger partial charge on any atom is 0.274 e.